The predicted molar refractivity (Wildman–Crippen MR) is 83.8 cm³/mol. The van der Waals surface area contributed by atoms with Crippen LogP contribution in [-0.2, 0) is 0 Å². The maximum Gasteiger partial charge on any atom is 0.323 e. The van der Waals surface area contributed by atoms with Gasteiger partial charge in [-0.3, -0.25) is 0 Å². The lowest BCUT2D eigenvalue weighted by Crippen LogP contribution is -2.14. The molecule has 1 unspecified atom stereocenters. The van der Waals surface area contributed by atoms with Gasteiger partial charge in [-0.25, -0.2) is 9.18 Å². The van der Waals surface area contributed by atoms with Crippen LogP contribution in [0.15, 0.2) is 39.6 Å². The van der Waals surface area contributed by atoms with Crippen molar-refractivity contribution in [1.82, 2.24) is 9.97 Å². The van der Waals surface area contributed by atoms with Crippen LogP contribution in [0.2, 0.25) is 0 Å². The van der Waals surface area contributed by atoms with Crippen molar-refractivity contribution in [3.8, 4) is 0 Å². The van der Waals surface area contributed by atoms with E-state index >= 15 is 0 Å². The highest BCUT2D eigenvalue weighted by Crippen LogP contribution is 2.31. The van der Waals surface area contributed by atoms with E-state index < -0.39 is 6.04 Å². The Bertz CT molecular complexity index is 884. The minimum Gasteiger partial charge on any atom is -0.320 e. The Morgan fingerprint density at radius 3 is 2.48 bits per heavy atom. The van der Waals surface area contributed by atoms with Crippen molar-refractivity contribution in [2.75, 3.05) is 0 Å². The van der Waals surface area contributed by atoms with E-state index in [0.29, 0.717) is 11.0 Å². The molecule has 0 saturated carbocycles. The standard InChI is InChI=1S/C15H13BrFN3O/c1-7-4-8(17)2-3-9(7)14(18)10-5-12-13(6-11(10)16)20-15(21)19-12/h2-6,14H,18H2,1H3,(H2,19,20,21). The number of halogens is 2. The van der Waals surface area contributed by atoms with Gasteiger partial charge in [0.1, 0.15) is 5.82 Å². The third kappa shape index (κ3) is 2.52. The van der Waals surface area contributed by atoms with E-state index in [1.807, 2.05) is 13.0 Å². The highest BCUT2D eigenvalue weighted by Gasteiger charge is 2.16. The smallest absolute Gasteiger partial charge is 0.320 e. The molecule has 108 valence electrons. The lowest BCUT2D eigenvalue weighted by molar-refractivity contribution is 0.624. The van der Waals surface area contributed by atoms with Gasteiger partial charge in [0.15, 0.2) is 0 Å². The number of H-pyrrole nitrogens is 2. The molecule has 0 aliphatic rings. The van der Waals surface area contributed by atoms with Crippen LogP contribution in [0, 0.1) is 12.7 Å². The van der Waals surface area contributed by atoms with Crippen LogP contribution in [0.3, 0.4) is 0 Å². The molecular weight excluding hydrogens is 337 g/mol. The zero-order valence-electron chi connectivity index (χ0n) is 11.2. The normalized spacial score (nSPS) is 12.8. The quantitative estimate of drug-likeness (QED) is 0.664. The summed E-state index contributed by atoms with van der Waals surface area (Å²) >= 11 is 3.47. The van der Waals surface area contributed by atoms with E-state index in [1.54, 1.807) is 12.1 Å². The molecular formula is C15H13BrFN3O. The third-order valence-electron chi connectivity index (χ3n) is 3.54. The van der Waals surface area contributed by atoms with Crippen LogP contribution in [0.4, 0.5) is 4.39 Å². The van der Waals surface area contributed by atoms with Crippen LogP contribution >= 0.6 is 15.9 Å². The first-order valence-corrected chi connectivity index (χ1v) is 7.18. The molecule has 0 saturated heterocycles. The summed E-state index contributed by atoms with van der Waals surface area (Å²) in [6, 6.07) is 7.76. The van der Waals surface area contributed by atoms with Crippen LogP contribution < -0.4 is 11.4 Å². The average molecular weight is 350 g/mol. The topological polar surface area (TPSA) is 74.7 Å². The van der Waals surface area contributed by atoms with Crippen LogP contribution in [0.25, 0.3) is 11.0 Å². The average Bonchev–Trinajstić information content (AvgIpc) is 2.76. The molecule has 1 aromatic heterocycles. The fourth-order valence-electron chi connectivity index (χ4n) is 2.47. The molecule has 0 aliphatic carbocycles. The summed E-state index contributed by atoms with van der Waals surface area (Å²) in [5.41, 5.74) is 9.90. The first kappa shape index (κ1) is 14.0. The van der Waals surface area contributed by atoms with E-state index in [0.717, 1.165) is 21.2 Å². The van der Waals surface area contributed by atoms with Crippen LogP contribution in [-0.4, -0.2) is 9.97 Å². The number of nitrogens with one attached hydrogen (secondary N) is 2. The van der Waals surface area contributed by atoms with Gasteiger partial charge < -0.3 is 15.7 Å². The Kier molecular flexibility index (Phi) is 3.43. The van der Waals surface area contributed by atoms with E-state index in [2.05, 4.69) is 25.9 Å². The summed E-state index contributed by atoms with van der Waals surface area (Å²) in [5.74, 6) is -0.284. The van der Waals surface area contributed by atoms with Crippen molar-refractivity contribution in [1.29, 1.82) is 0 Å². The highest BCUT2D eigenvalue weighted by atomic mass is 79.9. The van der Waals surface area contributed by atoms with Gasteiger partial charge in [-0.15, -0.1) is 0 Å². The van der Waals surface area contributed by atoms with Crippen molar-refractivity contribution < 1.29 is 4.39 Å². The maximum absolute atomic E-state index is 13.2. The summed E-state index contributed by atoms with van der Waals surface area (Å²) in [6.45, 7) is 1.82. The summed E-state index contributed by atoms with van der Waals surface area (Å²) in [4.78, 5) is 16.7. The van der Waals surface area contributed by atoms with Gasteiger partial charge in [-0.05, 0) is 47.9 Å². The number of aromatic amines is 2. The Hall–Kier alpha value is -1.92. The van der Waals surface area contributed by atoms with Crippen molar-refractivity contribution >= 4 is 27.0 Å². The Labute approximate surface area is 128 Å². The number of aromatic nitrogens is 2. The van der Waals surface area contributed by atoms with Gasteiger partial charge in [0, 0.05) is 4.47 Å². The molecule has 1 atom stereocenters. The number of benzene rings is 2. The highest BCUT2D eigenvalue weighted by molar-refractivity contribution is 9.10. The van der Waals surface area contributed by atoms with Gasteiger partial charge in [0.05, 0.1) is 17.1 Å². The molecule has 4 nitrogen and oxygen atoms in total. The number of hydrogen-bond acceptors (Lipinski definition) is 2. The lowest BCUT2D eigenvalue weighted by atomic mass is 9.95. The van der Waals surface area contributed by atoms with Crippen molar-refractivity contribution in [2.24, 2.45) is 5.73 Å². The molecule has 4 N–H and O–H groups in total. The predicted octanol–water partition coefficient (Wildman–Crippen LogP) is 3.11. The summed E-state index contributed by atoms with van der Waals surface area (Å²) in [6.07, 6.45) is 0. The van der Waals surface area contributed by atoms with Crippen LogP contribution in [0.1, 0.15) is 22.7 Å². The minimum absolute atomic E-state index is 0.263. The molecule has 3 aromatic rings. The molecule has 6 heteroatoms. The largest absolute Gasteiger partial charge is 0.323 e. The summed E-state index contributed by atoms with van der Waals surface area (Å²) in [5, 5.41) is 0. The summed E-state index contributed by atoms with van der Waals surface area (Å²) < 4.78 is 14.0. The number of imidazole rings is 1. The van der Waals surface area contributed by atoms with E-state index in [-0.39, 0.29) is 11.5 Å². The maximum atomic E-state index is 13.2. The van der Waals surface area contributed by atoms with E-state index in [4.69, 9.17) is 5.73 Å². The molecule has 0 bridgehead atoms. The Morgan fingerprint density at radius 2 is 1.81 bits per heavy atom. The summed E-state index contributed by atoms with van der Waals surface area (Å²) in [7, 11) is 0. The van der Waals surface area contributed by atoms with Gasteiger partial charge >= 0.3 is 5.69 Å². The zero-order chi connectivity index (χ0) is 15.1. The van der Waals surface area contributed by atoms with Crippen molar-refractivity contribution in [3.05, 3.63) is 67.8 Å². The van der Waals surface area contributed by atoms with E-state index in [9.17, 15) is 9.18 Å². The number of aryl methyl sites for hydroxylation is 1. The molecule has 2 aromatic carbocycles. The third-order valence-corrected chi connectivity index (χ3v) is 4.22. The second-order valence-corrected chi connectivity index (χ2v) is 5.83. The molecule has 0 fully saturated rings. The van der Waals surface area contributed by atoms with E-state index in [1.165, 1.54) is 12.1 Å². The van der Waals surface area contributed by atoms with Gasteiger partial charge in [0.25, 0.3) is 0 Å². The SMILES string of the molecule is Cc1cc(F)ccc1C(N)c1cc2[nH]c(=O)[nH]c2cc1Br. The Morgan fingerprint density at radius 1 is 1.14 bits per heavy atom. The Balaban J connectivity index is 2.14. The molecule has 21 heavy (non-hydrogen) atoms. The molecule has 0 spiro atoms. The van der Waals surface area contributed by atoms with Gasteiger partial charge in [-0.1, -0.05) is 22.0 Å². The monoisotopic (exact) mass is 349 g/mol. The second-order valence-electron chi connectivity index (χ2n) is 4.98. The fraction of sp³-hybridized carbons (Fsp3) is 0.133. The van der Waals surface area contributed by atoms with Crippen molar-refractivity contribution in [3.63, 3.8) is 0 Å². The van der Waals surface area contributed by atoms with Crippen LogP contribution in [0.5, 0.6) is 0 Å². The molecule has 0 aliphatic heterocycles. The number of nitrogens with two attached hydrogens (primary N) is 1. The second kappa shape index (κ2) is 5.13. The molecule has 3 rings (SSSR count). The van der Waals surface area contributed by atoms with Gasteiger partial charge in [0.2, 0.25) is 0 Å². The first-order chi connectivity index (χ1) is 9.95. The molecule has 1 heterocycles. The fourth-order valence-corrected chi connectivity index (χ4v) is 3.06. The number of fused-ring (bicyclic) bond motifs is 1. The minimum atomic E-state index is -0.414. The molecule has 0 amide bonds. The lowest BCUT2D eigenvalue weighted by Gasteiger charge is -2.17. The first-order valence-electron chi connectivity index (χ1n) is 6.39. The number of rotatable bonds is 2. The molecule has 0 radical (unpaired) electrons. The zero-order valence-corrected chi connectivity index (χ0v) is 12.8. The van der Waals surface area contributed by atoms with Gasteiger partial charge in [-0.2, -0.15) is 0 Å². The van der Waals surface area contributed by atoms with Crippen molar-refractivity contribution in [2.45, 2.75) is 13.0 Å². The number of hydrogen-bond donors (Lipinski definition) is 3.